The van der Waals surface area contributed by atoms with Gasteiger partial charge in [0.25, 0.3) is 5.56 Å². The Hall–Kier alpha value is -2.28. The van der Waals surface area contributed by atoms with E-state index in [0.717, 1.165) is 5.56 Å². The van der Waals surface area contributed by atoms with E-state index >= 15 is 0 Å². The molecule has 6 nitrogen and oxygen atoms in total. The Labute approximate surface area is 138 Å². The second kappa shape index (κ2) is 7.82. The zero-order chi connectivity index (χ0) is 16.8. The first-order valence-corrected chi connectivity index (χ1v) is 8.26. The van der Waals surface area contributed by atoms with Gasteiger partial charge in [-0.2, -0.15) is 0 Å². The molecule has 23 heavy (non-hydrogen) atoms. The molecule has 0 aliphatic carbocycles. The van der Waals surface area contributed by atoms with Crippen molar-refractivity contribution in [1.29, 1.82) is 0 Å². The molecule has 0 bridgehead atoms. The van der Waals surface area contributed by atoms with Crippen LogP contribution in [0.3, 0.4) is 0 Å². The van der Waals surface area contributed by atoms with Crippen molar-refractivity contribution in [2.45, 2.75) is 36.7 Å². The third-order valence-corrected chi connectivity index (χ3v) is 4.56. The number of hydrogen-bond donors (Lipinski definition) is 3. The van der Waals surface area contributed by atoms with Gasteiger partial charge in [0.05, 0.1) is 11.3 Å². The Morgan fingerprint density at radius 2 is 2.09 bits per heavy atom. The minimum absolute atomic E-state index is 0.0915. The summed E-state index contributed by atoms with van der Waals surface area (Å²) in [5, 5.41) is 2.98. The SMILES string of the molecule is CC[C@H](Sc1nc(N)cc(=O)[nH]1)C(=O)N[C@H](C)c1ccccc1. The summed E-state index contributed by atoms with van der Waals surface area (Å²) in [6.45, 7) is 3.85. The molecule has 1 heterocycles. The van der Waals surface area contributed by atoms with Crippen molar-refractivity contribution in [3.63, 3.8) is 0 Å². The van der Waals surface area contributed by atoms with Gasteiger partial charge in [-0.05, 0) is 18.9 Å². The summed E-state index contributed by atoms with van der Waals surface area (Å²) in [7, 11) is 0. The van der Waals surface area contributed by atoms with Gasteiger partial charge in [0.2, 0.25) is 5.91 Å². The number of aromatic nitrogens is 2. The van der Waals surface area contributed by atoms with Gasteiger partial charge < -0.3 is 16.0 Å². The number of nitrogens with one attached hydrogen (secondary N) is 2. The van der Waals surface area contributed by atoms with Gasteiger partial charge in [-0.1, -0.05) is 49.0 Å². The number of nitrogens with zero attached hydrogens (tertiary/aromatic N) is 1. The van der Waals surface area contributed by atoms with Crippen LogP contribution < -0.4 is 16.6 Å². The number of benzene rings is 1. The predicted octanol–water partition coefficient (Wildman–Crippen LogP) is 2.10. The van der Waals surface area contributed by atoms with Gasteiger partial charge in [0.15, 0.2) is 5.16 Å². The molecule has 0 spiro atoms. The molecule has 0 unspecified atom stereocenters. The van der Waals surface area contributed by atoms with E-state index in [1.165, 1.54) is 17.8 Å². The summed E-state index contributed by atoms with van der Waals surface area (Å²) in [5.41, 5.74) is 6.28. The molecule has 0 aliphatic rings. The monoisotopic (exact) mass is 332 g/mol. The second-order valence-corrected chi connectivity index (χ2v) is 6.32. The van der Waals surface area contributed by atoms with E-state index in [2.05, 4.69) is 15.3 Å². The van der Waals surface area contributed by atoms with Crippen LogP contribution in [0.4, 0.5) is 5.82 Å². The highest BCUT2D eigenvalue weighted by Crippen LogP contribution is 2.23. The van der Waals surface area contributed by atoms with Gasteiger partial charge in [-0.3, -0.25) is 9.59 Å². The number of aromatic amines is 1. The smallest absolute Gasteiger partial charge is 0.253 e. The molecule has 0 saturated carbocycles. The van der Waals surface area contributed by atoms with E-state index < -0.39 is 0 Å². The average molecular weight is 332 g/mol. The quantitative estimate of drug-likeness (QED) is 0.555. The largest absolute Gasteiger partial charge is 0.383 e. The van der Waals surface area contributed by atoms with Crippen molar-refractivity contribution in [2.75, 3.05) is 5.73 Å². The molecule has 0 aliphatic heterocycles. The zero-order valence-corrected chi connectivity index (χ0v) is 13.9. The number of nitrogen functional groups attached to an aromatic ring is 1. The highest BCUT2D eigenvalue weighted by atomic mass is 32.2. The molecule has 0 fully saturated rings. The number of nitrogens with two attached hydrogens (primary N) is 1. The third-order valence-electron chi connectivity index (χ3n) is 3.32. The van der Waals surface area contributed by atoms with Gasteiger partial charge in [-0.15, -0.1) is 0 Å². The summed E-state index contributed by atoms with van der Waals surface area (Å²) < 4.78 is 0. The molecule has 1 aromatic heterocycles. The molecular weight excluding hydrogens is 312 g/mol. The fourth-order valence-electron chi connectivity index (χ4n) is 2.10. The first-order chi connectivity index (χ1) is 11.0. The van der Waals surface area contributed by atoms with Crippen LogP contribution in [0.25, 0.3) is 0 Å². The van der Waals surface area contributed by atoms with Crippen LogP contribution in [0.2, 0.25) is 0 Å². The second-order valence-electron chi connectivity index (χ2n) is 5.13. The van der Waals surface area contributed by atoms with Crippen LogP contribution >= 0.6 is 11.8 Å². The average Bonchev–Trinajstić information content (AvgIpc) is 2.52. The first kappa shape index (κ1) is 17.1. The van der Waals surface area contributed by atoms with E-state index in [-0.39, 0.29) is 28.6 Å². The van der Waals surface area contributed by atoms with Crippen molar-refractivity contribution in [3.8, 4) is 0 Å². The number of amides is 1. The van der Waals surface area contributed by atoms with Crippen molar-refractivity contribution in [3.05, 3.63) is 52.3 Å². The number of carbonyl (C=O) groups is 1. The predicted molar refractivity (Wildman–Crippen MR) is 92.2 cm³/mol. The van der Waals surface area contributed by atoms with Crippen LogP contribution in [0.5, 0.6) is 0 Å². The Kier molecular flexibility index (Phi) is 5.81. The summed E-state index contributed by atoms with van der Waals surface area (Å²) >= 11 is 1.20. The molecule has 4 N–H and O–H groups in total. The maximum atomic E-state index is 12.4. The lowest BCUT2D eigenvalue weighted by Gasteiger charge is -2.19. The number of anilines is 1. The third kappa shape index (κ3) is 4.85. The molecule has 2 aromatic rings. The molecule has 122 valence electrons. The zero-order valence-electron chi connectivity index (χ0n) is 13.1. The lowest BCUT2D eigenvalue weighted by Crippen LogP contribution is -2.34. The molecule has 2 rings (SSSR count). The highest BCUT2D eigenvalue weighted by Gasteiger charge is 2.21. The van der Waals surface area contributed by atoms with E-state index in [4.69, 9.17) is 5.73 Å². The Morgan fingerprint density at radius 3 is 2.70 bits per heavy atom. The van der Waals surface area contributed by atoms with Crippen LogP contribution in [0, 0.1) is 0 Å². The number of hydrogen-bond acceptors (Lipinski definition) is 5. The van der Waals surface area contributed by atoms with Gasteiger partial charge in [0, 0.05) is 6.07 Å². The minimum atomic E-state index is -0.355. The first-order valence-electron chi connectivity index (χ1n) is 7.38. The lowest BCUT2D eigenvalue weighted by atomic mass is 10.1. The Balaban J connectivity index is 2.05. The van der Waals surface area contributed by atoms with Crippen molar-refractivity contribution in [1.82, 2.24) is 15.3 Å². The molecule has 0 saturated heterocycles. The van der Waals surface area contributed by atoms with Crippen LogP contribution in [0.15, 0.2) is 46.3 Å². The van der Waals surface area contributed by atoms with Crippen LogP contribution in [-0.4, -0.2) is 21.1 Å². The van der Waals surface area contributed by atoms with Crippen molar-refractivity contribution in [2.24, 2.45) is 0 Å². The van der Waals surface area contributed by atoms with E-state index in [9.17, 15) is 9.59 Å². The summed E-state index contributed by atoms with van der Waals surface area (Å²) in [6.07, 6.45) is 0.608. The van der Waals surface area contributed by atoms with Crippen LogP contribution in [-0.2, 0) is 4.79 Å². The number of thioether (sulfide) groups is 1. The highest BCUT2D eigenvalue weighted by molar-refractivity contribution is 8.00. The van der Waals surface area contributed by atoms with Crippen molar-refractivity contribution >= 4 is 23.5 Å². The molecule has 2 atom stereocenters. The Bertz CT molecular complexity index is 718. The van der Waals surface area contributed by atoms with Gasteiger partial charge in [-0.25, -0.2) is 4.98 Å². The molecular formula is C16H20N4O2S. The normalized spacial score (nSPS) is 13.3. The lowest BCUT2D eigenvalue weighted by molar-refractivity contribution is -0.121. The molecule has 1 amide bonds. The summed E-state index contributed by atoms with van der Waals surface area (Å²) in [4.78, 5) is 30.5. The fraction of sp³-hybridized carbons (Fsp3) is 0.312. The maximum Gasteiger partial charge on any atom is 0.253 e. The Morgan fingerprint density at radius 1 is 1.39 bits per heavy atom. The molecule has 1 aromatic carbocycles. The van der Waals surface area contributed by atoms with Crippen molar-refractivity contribution < 1.29 is 4.79 Å². The molecule has 0 radical (unpaired) electrons. The maximum absolute atomic E-state index is 12.4. The van der Waals surface area contributed by atoms with Gasteiger partial charge in [0.1, 0.15) is 5.82 Å². The summed E-state index contributed by atoms with van der Waals surface area (Å²) in [6, 6.07) is 10.9. The minimum Gasteiger partial charge on any atom is -0.383 e. The topological polar surface area (TPSA) is 101 Å². The molecule has 7 heteroatoms. The van der Waals surface area contributed by atoms with Crippen LogP contribution in [0.1, 0.15) is 31.9 Å². The fourth-order valence-corrected chi connectivity index (χ4v) is 3.03. The number of H-pyrrole nitrogens is 1. The number of carbonyl (C=O) groups excluding carboxylic acids is 1. The summed E-state index contributed by atoms with van der Waals surface area (Å²) in [5.74, 6) is 0.0445. The van der Waals surface area contributed by atoms with Gasteiger partial charge >= 0.3 is 0 Å². The van der Waals surface area contributed by atoms with E-state index in [0.29, 0.717) is 11.6 Å². The van der Waals surface area contributed by atoms with E-state index in [1.54, 1.807) is 0 Å². The number of rotatable bonds is 6. The van der Waals surface area contributed by atoms with E-state index in [1.807, 2.05) is 44.2 Å². The standard InChI is InChI=1S/C16H20N4O2S/c1-3-12(23-16-19-13(17)9-14(21)20-16)15(22)18-10(2)11-7-5-4-6-8-11/h4-10,12H,3H2,1-2H3,(H,18,22)(H3,17,19,20,21)/t10-,12+/m1/s1.